The first-order valence-corrected chi connectivity index (χ1v) is 8.46. The Morgan fingerprint density at radius 1 is 1.31 bits per heavy atom. The second kappa shape index (κ2) is 6.44. The number of nitrogens with two attached hydrogens (primary N) is 1. The minimum Gasteiger partial charge on any atom is -0.351 e. The van der Waals surface area contributed by atoms with E-state index in [1.165, 1.54) is 17.5 Å². The lowest BCUT2D eigenvalue weighted by Crippen LogP contribution is -2.33. The smallest absolute Gasteiger partial charge is 0.351 e. The predicted octanol–water partition coefficient (Wildman–Crippen LogP) is 5.68. The van der Waals surface area contributed by atoms with Crippen molar-refractivity contribution in [2.75, 3.05) is 4.90 Å². The van der Waals surface area contributed by atoms with Gasteiger partial charge in [-0.05, 0) is 31.5 Å². The monoisotopic (exact) mass is 398 g/mol. The minimum absolute atomic E-state index is 0.153. The van der Waals surface area contributed by atoms with E-state index in [9.17, 15) is 18.0 Å². The number of amides is 2. The van der Waals surface area contributed by atoms with E-state index in [1.807, 2.05) is 0 Å². The molecule has 3 rings (SSSR count). The number of nitrogens with zero attached hydrogens (tertiary/aromatic N) is 2. The molecule has 0 saturated carbocycles. The van der Waals surface area contributed by atoms with Gasteiger partial charge in [-0.2, -0.15) is 13.2 Å². The number of pyridine rings is 1. The van der Waals surface area contributed by atoms with Gasteiger partial charge in [-0.15, -0.1) is 11.3 Å². The highest BCUT2D eigenvalue weighted by Gasteiger charge is 2.38. The quantitative estimate of drug-likeness (QED) is 0.604. The Morgan fingerprint density at radius 2 is 2.00 bits per heavy atom. The highest BCUT2D eigenvalue weighted by Crippen LogP contribution is 2.48. The average molecular weight is 399 g/mol. The fourth-order valence-corrected chi connectivity index (χ4v) is 3.99. The molecule has 2 amide bonds. The Hall–Kier alpha value is -2.32. The van der Waals surface area contributed by atoms with Crippen molar-refractivity contribution < 1.29 is 18.0 Å². The standard InChI is InChI=1S/C17H12ClF3N3OS/c1-8-3-4-11(17(19,20)21)15(13(8)18)24(16(22)25)14-9(2)26-12-7-23-6-5-10(12)14/h3-7H,1H2,2H3,(H2,22,25). The predicted molar refractivity (Wildman–Crippen MR) is 97.0 cm³/mol. The van der Waals surface area contributed by atoms with Crippen LogP contribution in [0.25, 0.3) is 10.1 Å². The Bertz CT molecular complexity index is 1020. The fourth-order valence-electron chi connectivity index (χ4n) is 2.72. The molecular weight excluding hydrogens is 387 g/mol. The lowest BCUT2D eigenvalue weighted by molar-refractivity contribution is -0.137. The molecule has 135 valence electrons. The highest BCUT2D eigenvalue weighted by atomic mass is 35.5. The summed E-state index contributed by atoms with van der Waals surface area (Å²) in [5, 5.41) is 0.270. The molecule has 2 aromatic heterocycles. The van der Waals surface area contributed by atoms with Gasteiger partial charge in [0.25, 0.3) is 0 Å². The maximum absolute atomic E-state index is 13.6. The highest BCUT2D eigenvalue weighted by molar-refractivity contribution is 7.19. The van der Waals surface area contributed by atoms with Crippen LogP contribution < -0.4 is 10.6 Å². The SMILES string of the molecule is [CH2]c1ccc(C(F)(F)F)c(N(C(N)=O)c2c(C)sc3cnccc23)c1Cl. The largest absolute Gasteiger partial charge is 0.418 e. The van der Waals surface area contributed by atoms with E-state index in [1.54, 1.807) is 19.2 Å². The van der Waals surface area contributed by atoms with Crippen molar-refractivity contribution in [1.82, 2.24) is 4.98 Å². The number of carbonyl (C=O) groups is 1. The van der Waals surface area contributed by atoms with Crippen molar-refractivity contribution in [3.8, 4) is 0 Å². The summed E-state index contributed by atoms with van der Waals surface area (Å²) in [5.74, 6) is 0. The van der Waals surface area contributed by atoms with Crippen molar-refractivity contribution >= 4 is 50.4 Å². The summed E-state index contributed by atoms with van der Waals surface area (Å²) >= 11 is 7.43. The first kappa shape index (κ1) is 18.5. The summed E-state index contributed by atoms with van der Waals surface area (Å²) in [7, 11) is 0. The second-order valence-corrected chi connectivity index (χ2v) is 7.12. The Balaban J connectivity index is 2.40. The number of rotatable bonds is 2. The van der Waals surface area contributed by atoms with E-state index in [-0.39, 0.29) is 16.3 Å². The van der Waals surface area contributed by atoms with Gasteiger partial charge in [0.15, 0.2) is 0 Å². The molecule has 0 saturated heterocycles. The van der Waals surface area contributed by atoms with Crippen LogP contribution in [0.15, 0.2) is 30.6 Å². The minimum atomic E-state index is -4.73. The summed E-state index contributed by atoms with van der Waals surface area (Å²) in [6.45, 7) is 5.31. The molecule has 9 heteroatoms. The number of fused-ring (bicyclic) bond motifs is 1. The Morgan fingerprint density at radius 3 is 2.62 bits per heavy atom. The van der Waals surface area contributed by atoms with E-state index in [2.05, 4.69) is 11.9 Å². The number of primary amides is 1. The molecule has 0 aliphatic heterocycles. The van der Waals surface area contributed by atoms with Crippen LogP contribution in [0, 0.1) is 13.8 Å². The van der Waals surface area contributed by atoms with Crippen LogP contribution in [0.4, 0.5) is 29.3 Å². The zero-order valence-electron chi connectivity index (χ0n) is 13.4. The molecule has 3 aromatic rings. The molecule has 0 aliphatic rings. The summed E-state index contributed by atoms with van der Waals surface area (Å²) < 4.78 is 41.4. The first-order valence-electron chi connectivity index (χ1n) is 7.27. The van der Waals surface area contributed by atoms with Crippen molar-refractivity contribution in [2.45, 2.75) is 13.1 Å². The third kappa shape index (κ3) is 2.99. The Labute approximate surface area is 156 Å². The number of benzene rings is 1. The van der Waals surface area contributed by atoms with E-state index in [0.29, 0.717) is 15.0 Å². The van der Waals surface area contributed by atoms with Crippen molar-refractivity contribution in [3.63, 3.8) is 0 Å². The first-order chi connectivity index (χ1) is 12.1. The molecule has 4 nitrogen and oxygen atoms in total. The number of carbonyl (C=O) groups excluding carboxylic acids is 1. The number of thiophene rings is 1. The number of hydrogen-bond acceptors (Lipinski definition) is 3. The normalized spacial score (nSPS) is 11.8. The van der Waals surface area contributed by atoms with Crippen LogP contribution in [0.5, 0.6) is 0 Å². The van der Waals surface area contributed by atoms with Crippen molar-refractivity contribution in [1.29, 1.82) is 0 Å². The van der Waals surface area contributed by atoms with Gasteiger partial charge in [0.2, 0.25) is 0 Å². The van der Waals surface area contributed by atoms with Crippen LogP contribution in [0.2, 0.25) is 5.02 Å². The Kier molecular flexibility index (Phi) is 4.58. The van der Waals surface area contributed by atoms with Gasteiger partial charge >= 0.3 is 12.2 Å². The molecule has 2 N–H and O–H groups in total. The number of anilines is 2. The summed E-state index contributed by atoms with van der Waals surface area (Å²) in [6, 6.07) is 2.52. The van der Waals surface area contributed by atoms with E-state index in [0.717, 1.165) is 17.0 Å². The number of hydrogen-bond donors (Lipinski definition) is 1. The van der Waals surface area contributed by atoms with Crippen molar-refractivity contribution in [3.05, 3.63) is 58.5 Å². The van der Waals surface area contributed by atoms with E-state index in [4.69, 9.17) is 17.3 Å². The van der Waals surface area contributed by atoms with Crippen LogP contribution in [0.3, 0.4) is 0 Å². The third-order valence-electron chi connectivity index (χ3n) is 3.81. The average Bonchev–Trinajstić information content (AvgIpc) is 2.86. The van der Waals surface area contributed by atoms with Gasteiger partial charge in [0.05, 0.1) is 26.7 Å². The van der Waals surface area contributed by atoms with Gasteiger partial charge in [-0.1, -0.05) is 17.7 Å². The number of aromatic nitrogens is 1. The molecule has 1 radical (unpaired) electrons. The summed E-state index contributed by atoms with van der Waals surface area (Å²) in [6.07, 6.45) is -1.68. The molecule has 0 bridgehead atoms. The van der Waals surface area contributed by atoms with Gasteiger partial charge in [-0.25, -0.2) is 4.79 Å². The van der Waals surface area contributed by atoms with Crippen LogP contribution in [-0.4, -0.2) is 11.0 Å². The van der Waals surface area contributed by atoms with Crippen molar-refractivity contribution in [2.24, 2.45) is 5.73 Å². The van der Waals surface area contributed by atoms with Crippen LogP contribution in [0.1, 0.15) is 16.0 Å². The summed E-state index contributed by atoms with van der Waals surface area (Å²) in [5.41, 5.74) is 4.28. The molecule has 0 unspecified atom stereocenters. The number of halogens is 4. The lowest BCUT2D eigenvalue weighted by Gasteiger charge is -2.26. The van der Waals surface area contributed by atoms with E-state index >= 15 is 0 Å². The number of aryl methyl sites for hydroxylation is 1. The number of alkyl halides is 3. The molecule has 2 heterocycles. The lowest BCUT2D eigenvalue weighted by atomic mass is 10.1. The maximum atomic E-state index is 13.6. The van der Waals surface area contributed by atoms with Gasteiger partial charge in [-0.3, -0.25) is 9.88 Å². The molecule has 0 aliphatic carbocycles. The fraction of sp³-hybridized carbons (Fsp3) is 0.118. The second-order valence-electron chi connectivity index (χ2n) is 5.48. The van der Waals surface area contributed by atoms with Crippen LogP contribution in [-0.2, 0) is 6.18 Å². The zero-order valence-corrected chi connectivity index (χ0v) is 15.0. The van der Waals surface area contributed by atoms with E-state index < -0.39 is 23.5 Å². The topological polar surface area (TPSA) is 59.2 Å². The molecule has 0 fully saturated rings. The van der Waals surface area contributed by atoms with Gasteiger partial charge < -0.3 is 5.73 Å². The summed E-state index contributed by atoms with van der Waals surface area (Å²) in [4.78, 5) is 17.6. The third-order valence-corrected chi connectivity index (χ3v) is 5.27. The molecular formula is C17H12ClF3N3OS. The number of urea groups is 1. The van der Waals surface area contributed by atoms with Gasteiger partial charge in [0, 0.05) is 22.7 Å². The molecule has 1 aromatic carbocycles. The molecule has 0 spiro atoms. The van der Waals surface area contributed by atoms with Gasteiger partial charge in [0.1, 0.15) is 0 Å². The molecule has 26 heavy (non-hydrogen) atoms. The zero-order chi connectivity index (χ0) is 19.2. The maximum Gasteiger partial charge on any atom is 0.418 e. The van der Waals surface area contributed by atoms with Crippen LogP contribution >= 0.6 is 22.9 Å². The molecule has 0 atom stereocenters.